The molecule has 1 atom stereocenters. The lowest BCUT2D eigenvalue weighted by Gasteiger charge is -2.26. The number of nitriles is 1. The lowest BCUT2D eigenvalue weighted by atomic mass is 9.85. The van der Waals surface area contributed by atoms with Crippen molar-refractivity contribution >= 4 is 10.0 Å². The lowest BCUT2D eigenvalue weighted by Crippen LogP contribution is -2.40. The second-order valence-corrected chi connectivity index (χ2v) is 6.80. The highest BCUT2D eigenvalue weighted by molar-refractivity contribution is 7.89. The van der Waals surface area contributed by atoms with E-state index >= 15 is 0 Å². The Labute approximate surface area is 118 Å². The van der Waals surface area contributed by atoms with Crippen molar-refractivity contribution in [2.24, 2.45) is 5.92 Å². The Bertz CT molecular complexity index is 604. The molecule has 1 aromatic carbocycles. The maximum Gasteiger partial charge on any atom is 0.241 e. The zero-order valence-electron chi connectivity index (χ0n) is 11.0. The minimum absolute atomic E-state index is 0.0390. The molecular formula is C14H17FN2O2S. The third kappa shape index (κ3) is 3.56. The molecule has 20 heavy (non-hydrogen) atoms. The number of halogens is 1. The number of sulfonamides is 1. The molecule has 0 aliphatic heterocycles. The minimum Gasteiger partial charge on any atom is -0.207 e. The molecule has 1 fully saturated rings. The molecule has 0 aromatic heterocycles. The molecule has 1 unspecified atom stereocenters. The molecule has 108 valence electrons. The van der Waals surface area contributed by atoms with E-state index in [0.717, 1.165) is 38.2 Å². The highest BCUT2D eigenvalue weighted by Gasteiger charge is 2.28. The van der Waals surface area contributed by atoms with Gasteiger partial charge in [-0.05, 0) is 37.0 Å². The van der Waals surface area contributed by atoms with Gasteiger partial charge in [0.25, 0.3) is 0 Å². The molecule has 1 N–H and O–H groups in total. The molecule has 0 radical (unpaired) electrons. The van der Waals surface area contributed by atoms with E-state index in [1.807, 2.05) is 6.07 Å². The van der Waals surface area contributed by atoms with Crippen molar-refractivity contribution < 1.29 is 12.8 Å². The van der Waals surface area contributed by atoms with Crippen molar-refractivity contribution in [3.05, 3.63) is 30.1 Å². The van der Waals surface area contributed by atoms with Gasteiger partial charge in [0, 0.05) is 0 Å². The SMILES string of the molecule is N#CC(NS(=O)(=O)c1cccc(F)c1)C1CCCCC1. The smallest absolute Gasteiger partial charge is 0.207 e. The number of benzene rings is 1. The topological polar surface area (TPSA) is 70.0 Å². The maximum absolute atomic E-state index is 13.1. The van der Waals surface area contributed by atoms with Gasteiger partial charge in [-0.25, -0.2) is 12.8 Å². The van der Waals surface area contributed by atoms with E-state index in [1.54, 1.807) is 0 Å². The van der Waals surface area contributed by atoms with Gasteiger partial charge in [0.15, 0.2) is 0 Å². The van der Waals surface area contributed by atoms with Gasteiger partial charge in [0.05, 0.1) is 11.0 Å². The summed E-state index contributed by atoms with van der Waals surface area (Å²) >= 11 is 0. The van der Waals surface area contributed by atoms with Crippen LogP contribution < -0.4 is 4.72 Å². The van der Waals surface area contributed by atoms with E-state index in [4.69, 9.17) is 0 Å². The van der Waals surface area contributed by atoms with E-state index in [-0.39, 0.29) is 10.8 Å². The molecule has 6 heteroatoms. The van der Waals surface area contributed by atoms with Crippen LogP contribution in [0.1, 0.15) is 32.1 Å². The van der Waals surface area contributed by atoms with Crippen LogP contribution in [0.15, 0.2) is 29.2 Å². The highest BCUT2D eigenvalue weighted by Crippen LogP contribution is 2.27. The summed E-state index contributed by atoms with van der Waals surface area (Å²) in [5.41, 5.74) is 0. The number of nitrogens with one attached hydrogen (secondary N) is 1. The number of rotatable bonds is 4. The lowest BCUT2D eigenvalue weighted by molar-refractivity contribution is 0.324. The fourth-order valence-corrected chi connectivity index (χ4v) is 3.81. The van der Waals surface area contributed by atoms with Gasteiger partial charge in [-0.2, -0.15) is 9.98 Å². The fraction of sp³-hybridized carbons (Fsp3) is 0.500. The summed E-state index contributed by atoms with van der Waals surface area (Å²) in [7, 11) is -3.86. The first-order valence-corrected chi connectivity index (χ1v) is 8.19. The summed E-state index contributed by atoms with van der Waals surface area (Å²) in [6.07, 6.45) is 4.87. The van der Waals surface area contributed by atoms with Gasteiger partial charge in [0.2, 0.25) is 10.0 Å². The monoisotopic (exact) mass is 296 g/mol. The summed E-state index contributed by atoms with van der Waals surface area (Å²) in [5.74, 6) is -0.573. The quantitative estimate of drug-likeness (QED) is 0.928. The number of nitrogens with zero attached hydrogens (tertiary/aromatic N) is 1. The molecule has 0 heterocycles. The van der Waals surface area contributed by atoms with Crippen LogP contribution in [0.3, 0.4) is 0 Å². The first-order valence-electron chi connectivity index (χ1n) is 6.70. The van der Waals surface area contributed by atoms with Gasteiger partial charge >= 0.3 is 0 Å². The predicted octanol–water partition coefficient (Wildman–Crippen LogP) is 2.58. The maximum atomic E-state index is 13.1. The van der Waals surface area contributed by atoms with Crippen LogP contribution in [0, 0.1) is 23.1 Å². The summed E-state index contributed by atoms with van der Waals surface area (Å²) in [4.78, 5) is -0.145. The van der Waals surface area contributed by atoms with Crippen LogP contribution in [0.25, 0.3) is 0 Å². The second-order valence-electron chi connectivity index (χ2n) is 5.08. The molecule has 1 aromatic rings. The van der Waals surface area contributed by atoms with Crippen molar-refractivity contribution in [1.82, 2.24) is 4.72 Å². The van der Waals surface area contributed by atoms with E-state index in [2.05, 4.69) is 4.72 Å². The standard InChI is InChI=1S/C14H17FN2O2S/c15-12-7-4-8-13(9-12)20(18,19)17-14(10-16)11-5-2-1-3-6-11/h4,7-9,11,14,17H,1-3,5-6H2. The summed E-state index contributed by atoms with van der Waals surface area (Å²) < 4.78 is 39.8. The normalized spacial score (nSPS) is 18.4. The number of hydrogen-bond acceptors (Lipinski definition) is 3. The van der Waals surface area contributed by atoms with Crippen molar-refractivity contribution in [2.45, 2.75) is 43.0 Å². The summed E-state index contributed by atoms with van der Waals surface area (Å²) in [6, 6.07) is 6.08. The van der Waals surface area contributed by atoms with Gasteiger partial charge < -0.3 is 0 Å². The van der Waals surface area contributed by atoms with E-state index in [9.17, 15) is 18.1 Å². The predicted molar refractivity (Wildman–Crippen MR) is 72.7 cm³/mol. The Morgan fingerprint density at radius 3 is 2.60 bits per heavy atom. The van der Waals surface area contributed by atoms with Gasteiger partial charge in [-0.3, -0.25) is 0 Å². The minimum atomic E-state index is -3.86. The largest absolute Gasteiger partial charge is 0.241 e. The van der Waals surface area contributed by atoms with Crippen LogP contribution in [-0.2, 0) is 10.0 Å². The van der Waals surface area contributed by atoms with E-state index in [0.29, 0.717) is 0 Å². The van der Waals surface area contributed by atoms with Crippen LogP contribution >= 0.6 is 0 Å². The summed E-state index contributed by atoms with van der Waals surface area (Å²) in [5, 5.41) is 9.19. The molecule has 1 aliphatic rings. The molecule has 4 nitrogen and oxygen atoms in total. The molecule has 2 rings (SSSR count). The molecule has 1 aliphatic carbocycles. The van der Waals surface area contributed by atoms with Crippen LogP contribution in [0.2, 0.25) is 0 Å². The molecular weight excluding hydrogens is 279 g/mol. The van der Waals surface area contributed by atoms with Gasteiger partial charge in [0.1, 0.15) is 11.9 Å². The van der Waals surface area contributed by atoms with Crippen molar-refractivity contribution in [1.29, 1.82) is 5.26 Å². The molecule has 0 saturated heterocycles. The zero-order chi connectivity index (χ0) is 14.6. The average Bonchev–Trinajstić information content (AvgIpc) is 2.46. The van der Waals surface area contributed by atoms with E-state index in [1.165, 1.54) is 18.2 Å². The van der Waals surface area contributed by atoms with Crippen molar-refractivity contribution in [3.8, 4) is 6.07 Å². The Morgan fingerprint density at radius 2 is 2.00 bits per heavy atom. The summed E-state index contributed by atoms with van der Waals surface area (Å²) in [6.45, 7) is 0. The van der Waals surface area contributed by atoms with Gasteiger partial charge in [-0.15, -0.1) is 0 Å². The Kier molecular flexibility index (Phi) is 4.73. The molecule has 0 amide bonds. The van der Waals surface area contributed by atoms with Gasteiger partial charge in [-0.1, -0.05) is 25.3 Å². The van der Waals surface area contributed by atoms with E-state index < -0.39 is 21.9 Å². The molecule has 0 spiro atoms. The zero-order valence-corrected chi connectivity index (χ0v) is 11.9. The Balaban J connectivity index is 2.16. The Morgan fingerprint density at radius 1 is 1.30 bits per heavy atom. The van der Waals surface area contributed by atoms with Crippen LogP contribution in [0.5, 0.6) is 0 Å². The van der Waals surface area contributed by atoms with Crippen LogP contribution in [0.4, 0.5) is 4.39 Å². The molecule has 1 saturated carbocycles. The third-order valence-corrected chi connectivity index (χ3v) is 5.09. The Hall–Kier alpha value is -1.45. The van der Waals surface area contributed by atoms with Crippen molar-refractivity contribution in [2.75, 3.05) is 0 Å². The fourth-order valence-electron chi connectivity index (χ4n) is 2.56. The third-order valence-electron chi connectivity index (χ3n) is 3.65. The van der Waals surface area contributed by atoms with Crippen LogP contribution in [-0.4, -0.2) is 14.5 Å². The molecule has 0 bridgehead atoms. The van der Waals surface area contributed by atoms with Crippen molar-refractivity contribution in [3.63, 3.8) is 0 Å². The first-order chi connectivity index (χ1) is 9.53. The average molecular weight is 296 g/mol. The highest BCUT2D eigenvalue weighted by atomic mass is 32.2. The number of hydrogen-bond donors (Lipinski definition) is 1. The first kappa shape index (κ1) is 14.9. The second kappa shape index (κ2) is 6.33.